The highest BCUT2D eigenvalue weighted by atomic mass is 16.4. The maximum atomic E-state index is 11.6. The van der Waals surface area contributed by atoms with E-state index in [-0.39, 0.29) is 12.5 Å². The zero-order chi connectivity index (χ0) is 21.9. The van der Waals surface area contributed by atoms with Crippen LogP contribution < -0.4 is 10.6 Å². The first-order valence-electron chi connectivity index (χ1n) is 10.9. The second-order valence-electron chi connectivity index (χ2n) is 8.06. The lowest BCUT2D eigenvalue weighted by molar-refractivity contribution is -0.137. The summed E-state index contributed by atoms with van der Waals surface area (Å²) in [5.74, 6) is 0.148. The molecule has 1 unspecified atom stereocenters. The zero-order valence-corrected chi connectivity index (χ0v) is 17.7. The molecule has 4 heterocycles. The van der Waals surface area contributed by atoms with Crippen LogP contribution in [0.1, 0.15) is 35.7 Å². The molecular weight excluding hydrogens is 402 g/mol. The minimum atomic E-state index is -0.845. The second kappa shape index (κ2) is 8.70. The van der Waals surface area contributed by atoms with E-state index in [1.54, 1.807) is 12.4 Å². The Morgan fingerprint density at radius 1 is 1.19 bits per heavy atom. The summed E-state index contributed by atoms with van der Waals surface area (Å²) in [6.07, 6.45) is 7.59. The number of pyridine rings is 2. The molecule has 1 aliphatic rings. The van der Waals surface area contributed by atoms with Crippen LogP contribution in [0, 0.1) is 0 Å². The van der Waals surface area contributed by atoms with Crippen LogP contribution in [0.5, 0.6) is 0 Å². The van der Waals surface area contributed by atoms with Crippen molar-refractivity contribution in [2.45, 2.75) is 31.8 Å². The number of hydrogen-bond donors (Lipinski definition) is 3. The Bertz CT molecular complexity index is 1250. The Morgan fingerprint density at radius 2 is 2.12 bits per heavy atom. The largest absolute Gasteiger partial charge is 0.481 e. The van der Waals surface area contributed by atoms with E-state index in [4.69, 9.17) is 4.98 Å². The molecule has 3 aromatic heterocycles. The van der Waals surface area contributed by atoms with Gasteiger partial charge in [-0.25, -0.2) is 4.98 Å². The number of carboxylic acids is 1. The number of hydrogen-bond acceptors (Lipinski definition) is 5. The molecule has 0 saturated heterocycles. The van der Waals surface area contributed by atoms with Gasteiger partial charge in [0, 0.05) is 36.2 Å². The Morgan fingerprint density at radius 3 is 2.97 bits per heavy atom. The molecule has 0 spiro atoms. The highest BCUT2D eigenvalue weighted by molar-refractivity contribution is 5.92. The number of carbonyl (C=O) groups is 1. The molecule has 0 saturated carbocycles. The molecule has 32 heavy (non-hydrogen) atoms. The fraction of sp³-hybridized carbons (Fsp3) is 0.240. The van der Waals surface area contributed by atoms with Crippen molar-refractivity contribution in [3.05, 3.63) is 83.9 Å². The number of nitrogens with zero attached hydrogens (tertiary/aromatic N) is 3. The number of aryl methyl sites for hydroxylation is 1. The number of nitrogens with one attached hydrogen (secondary N) is 2. The third-order valence-electron chi connectivity index (χ3n) is 5.95. The fourth-order valence-corrected chi connectivity index (χ4v) is 4.38. The summed E-state index contributed by atoms with van der Waals surface area (Å²) in [4.78, 5) is 20.5. The average molecular weight is 428 g/mol. The summed E-state index contributed by atoms with van der Waals surface area (Å²) in [5.41, 5.74) is 5.10. The quantitative estimate of drug-likeness (QED) is 0.403. The molecule has 7 nitrogen and oxygen atoms in total. The maximum Gasteiger partial charge on any atom is 0.305 e. The van der Waals surface area contributed by atoms with E-state index < -0.39 is 5.97 Å². The lowest BCUT2D eigenvalue weighted by atomic mass is 10.1. The molecule has 0 bridgehead atoms. The number of anilines is 2. The number of rotatable bonds is 7. The van der Waals surface area contributed by atoms with Crippen LogP contribution in [0.2, 0.25) is 0 Å². The van der Waals surface area contributed by atoms with Crippen molar-refractivity contribution in [2.75, 3.05) is 17.2 Å². The van der Waals surface area contributed by atoms with Gasteiger partial charge in [0.15, 0.2) is 0 Å². The predicted molar refractivity (Wildman–Crippen MR) is 125 cm³/mol. The van der Waals surface area contributed by atoms with Gasteiger partial charge in [0.1, 0.15) is 5.82 Å². The first-order valence-corrected chi connectivity index (χ1v) is 10.9. The minimum Gasteiger partial charge on any atom is -0.481 e. The predicted octanol–water partition coefficient (Wildman–Crippen LogP) is 4.47. The van der Waals surface area contributed by atoms with E-state index in [1.165, 1.54) is 5.56 Å². The molecule has 162 valence electrons. The maximum absolute atomic E-state index is 11.6. The van der Waals surface area contributed by atoms with E-state index in [0.29, 0.717) is 6.54 Å². The molecule has 3 N–H and O–H groups in total. The fourth-order valence-electron chi connectivity index (χ4n) is 4.38. The van der Waals surface area contributed by atoms with E-state index in [0.717, 1.165) is 53.1 Å². The molecule has 5 rings (SSSR count). The molecule has 0 aliphatic carbocycles. The van der Waals surface area contributed by atoms with Crippen molar-refractivity contribution in [1.82, 2.24) is 14.5 Å². The standard InChI is InChI=1S/C25H25N5O2/c31-24(32)14-23(18-5-2-11-26-15-18)30-13-10-20-21(6-1-7-22(20)30)28-16-19-9-8-17-4-3-12-27-25(17)29-19/h1-2,5-11,13,15,23,28H,3-4,12,14,16H2,(H,27,29)(H,31,32). The first-order chi connectivity index (χ1) is 15.7. The van der Waals surface area contributed by atoms with Crippen LogP contribution in [0.4, 0.5) is 11.5 Å². The molecule has 4 aromatic rings. The summed E-state index contributed by atoms with van der Waals surface area (Å²) in [5, 5.41) is 17.4. The van der Waals surface area contributed by atoms with Crippen LogP contribution >= 0.6 is 0 Å². The first kappa shape index (κ1) is 20.1. The normalized spacial score (nSPS) is 13.9. The number of carboxylic acid groups (broad SMARTS) is 1. The van der Waals surface area contributed by atoms with Gasteiger partial charge in [-0.3, -0.25) is 9.78 Å². The highest BCUT2D eigenvalue weighted by Crippen LogP contribution is 2.31. The van der Waals surface area contributed by atoms with Gasteiger partial charge in [-0.2, -0.15) is 0 Å². The van der Waals surface area contributed by atoms with E-state index in [9.17, 15) is 9.90 Å². The summed E-state index contributed by atoms with van der Waals surface area (Å²) < 4.78 is 2.02. The van der Waals surface area contributed by atoms with Crippen LogP contribution in [-0.2, 0) is 17.8 Å². The van der Waals surface area contributed by atoms with Gasteiger partial charge in [0.2, 0.25) is 0 Å². The minimum absolute atomic E-state index is 0.0147. The van der Waals surface area contributed by atoms with E-state index >= 15 is 0 Å². The number of aliphatic carboxylic acids is 1. The van der Waals surface area contributed by atoms with Gasteiger partial charge in [-0.1, -0.05) is 18.2 Å². The molecule has 0 amide bonds. The SMILES string of the molecule is O=C(O)CC(c1cccnc1)n1ccc2c(NCc3ccc4c(n3)NCCC4)cccc21. The van der Waals surface area contributed by atoms with Crippen molar-refractivity contribution in [2.24, 2.45) is 0 Å². The monoisotopic (exact) mass is 427 g/mol. The molecule has 1 aliphatic heterocycles. The summed E-state index contributed by atoms with van der Waals surface area (Å²) in [6.45, 7) is 1.58. The summed E-state index contributed by atoms with van der Waals surface area (Å²) in [6, 6.07) is 15.7. The molecule has 1 aromatic carbocycles. The Kier molecular flexibility index (Phi) is 5.46. The van der Waals surface area contributed by atoms with Gasteiger partial charge in [0.05, 0.1) is 30.2 Å². The highest BCUT2D eigenvalue weighted by Gasteiger charge is 2.20. The van der Waals surface area contributed by atoms with Gasteiger partial charge < -0.3 is 20.3 Å². The van der Waals surface area contributed by atoms with Crippen LogP contribution in [0.25, 0.3) is 10.9 Å². The van der Waals surface area contributed by atoms with Gasteiger partial charge in [0.25, 0.3) is 0 Å². The Balaban J connectivity index is 1.43. The zero-order valence-electron chi connectivity index (χ0n) is 17.7. The van der Waals surface area contributed by atoms with E-state index in [2.05, 4.69) is 27.8 Å². The van der Waals surface area contributed by atoms with Crippen molar-refractivity contribution < 1.29 is 9.90 Å². The lowest BCUT2D eigenvalue weighted by Gasteiger charge is -2.19. The number of fused-ring (bicyclic) bond motifs is 2. The lowest BCUT2D eigenvalue weighted by Crippen LogP contribution is -2.15. The van der Waals surface area contributed by atoms with Gasteiger partial charge in [-0.15, -0.1) is 0 Å². The van der Waals surface area contributed by atoms with Crippen LogP contribution in [0.15, 0.2) is 67.1 Å². The van der Waals surface area contributed by atoms with Crippen molar-refractivity contribution in [3.8, 4) is 0 Å². The van der Waals surface area contributed by atoms with Gasteiger partial charge in [-0.05, 0) is 54.3 Å². The van der Waals surface area contributed by atoms with Gasteiger partial charge >= 0.3 is 5.97 Å². The molecule has 7 heteroatoms. The topological polar surface area (TPSA) is 92.1 Å². The molecular formula is C25H25N5O2. The second-order valence-corrected chi connectivity index (χ2v) is 8.06. The summed E-state index contributed by atoms with van der Waals surface area (Å²) in [7, 11) is 0. The average Bonchev–Trinajstić information content (AvgIpc) is 3.26. The Labute approximate surface area is 186 Å². The number of benzene rings is 1. The molecule has 1 atom stereocenters. The molecule has 0 radical (unpaired) electrons. The Hall–Kier alpha value is -3.87. The summed E-state index contributed by atoms with van der Waals surface area (Å²) >= 11 is 0. The van der Waals surface area contributed by atoms with Crippen molar-refractivity contribution in [3.63, 3.8) is 0 Å². The van der Waals surface area contributed by atoms with Crippen molar-refractivity contribution >= 4 is 28.4 Å². The smallest absolute Gasteiger partial charge is 0.305 e. The molecule has 0 fully saturated rings. The number of aromatic nitrogens is 3. The van der Waals surface area contributed by atoms with Crippen LogP contribution in [0.3, 0.4) is 0 Å². The van der Waals surface area contributed by atoms with E-state index in [1.807, 2.05) is 47.2 Å². The third-order valence-corrected chi connectivity index (χ3v) is 5.95. The van der Waals surface area contributed by atoms with Crippen molar-refractivity contribution in [1.29, 1.82) is 0 Å². The third kappa shape index (κ3) is 4.01. The van der Waals surface area contributed by atoms with Crippen LogP contribution in [-0.4, -0.2) is 32.2 Å².